The van der Waals surface area contributed by atoms with Crippen molar-refractivity contribution in [2.45, 2.75) is 19.9 Å². The minimum absolute atomic E-state index is 0.00616. The van der Waals surface area contributed by atoms with Gasteiger partial charge in [0.05, 0.1) is 17.9 Å². The fourth-order valence-corrected chi connectivity index (χ4v) is 2.46. The van der Waals surface area contributed by atoms with E-state index in [-0.39, 0.29) is 30.3 Å². The minimum atomic E-state index is -0.260. The van der Waals surface area contributed by atoms with E-state index in [1.807, 2.05) is 31.9 Å². The van der Waals surface area contributed by atoms with Crippen LogP contribution in [0.15, 0.2) is 18.2 Å². The van der Waals surface area contributed by atoms with Crippen molar-refractivity contribution in [1.29, 1.82) is 0 Å². The zero-order valence-electron chi connectivity index (χ0n) is 13.8. The molecule has 1 unspecified atom stereocenters. The molecule has 0 aliphatic carbocycles. The molecule has 0 bridgehead atoms. The van der Waals surface area contributed by atoms with Gasteiger partial charge >= 0.3 is 0 Å². The van der Waals surface area contributed by atoms with E-state index in [0.29, 0.717) is 17.8 Å². The van der Waals surface area contributed by atoms with Crippen molar-refractivity contribution in [3.8, 4) is 0 Å². The number of hydrogen-bond acceptors (Lipinski definition) is 4. The number of likely N-dealkylation sites (N-methyl/N-ethyl adjacent to an activating group) is 3. The molecular formula is C16H22N4O3. The number of hydrogen-bond donors (Lipinski definition) is 2. The number of rotatable bonds is 4. The van der Waals surface area contributed by atoms with E-state index in [1.54, 1.807) is 12.1 Å². The summed E-state index contributed by atoms with van der Waals surface area (Å²) < 4.78 is 0. The second-order valence-corrected chi connectivity index (χ2v) is 5.50. The highest BCUT2D eigenvalue weighted by molar-refractivity contribution is 6.05. The number of carbonyl (C=O) groups is 3. The lowest BCUT2D eigenvalue weighted by molar-refractivity contribution is -0.121. The van der Waals surface area contributed by atoms with Crippen LogP contribution in [-0.4, -0.2) is 55.8 Å². The summed E-state index contributed by atoms with van der Waals surface area (Å²) in [5, 5.41) is 5.32. The predicted octanol–water partition coefficient (Wildman–Crippen LogP) is 0.671. The molecule has 7 nitrogen and oxygen atoms in total. The molecule has 124 valence electrons. The molecule has 1 aliphatic rings. The third kappa shape index (κ3) is 3.28. The molecule has 3 amide bonds. The van der Waals surface area contributed by atoms with Gasteiger partial charge in [0.2, 0.25) is 11.8 Å². The molecule has 1 aliphatic heterocycles. The van der Waals surface area contributed by atoms with E-state index in [2.05, 4.69) is 10.6 Å². The second-order valence-electron chi connectivity index (χ2n) is 5.50. The first-order valence-corrected chi connectivity index (χ1v) is 7.56. The smallest absolute Gasteiger partial charge is 0.254 e. The Morgan fingerprint density at radius 3 is 2.70 bits per heavy atom. The fourth-order valence-electron chi connectivity index (χ4n) is 2.46. The summed E-state index contributed by atoms with van der Waals surface area (Å²) in [5.41, 5.74) is 1.92. The molecule has 1 aromatic rings. The Hall–Kier alpha value is -2.57. The van der Waals surface area contributed by atoms with Gasteiger partial charge in [0.1, 0.15) is 6.04 Å². The average molecular weight is 318 g/mol. The highest BCUT2D eigenvalue weighted by Gasteiger charge is 2.28. The van der Waals surface area contributed by atoms with E-state index >= 15 is 0 Å². The summed E-state index contributed by atoms with van der Waals surface area (Å²) >= 11 is 0. The number of carbonyl (C=O) groups excluding carboxylic acids is 3. The van der Waals surface area contributed by atoms with Gasteiger partial charge < -0.3 is 20.4 Å². The summed E-state index contributed by atoms with van der Waals surface area (Å²) in [6.07, 6.45) is 0. The van der Waals surface area contributed by atoms with Crippen LogP contribution in [0.3, 0.4) is 0 Å². The van der Waals surface area contributed by atoms with Crippen LogP contribution in [0.5, 0.6) is 0 Å². The lowest BCUT2D eigenvalue weighted by Crippen LogP contribution is -2.44. The molecular weight excluding hydrogens is 296 g/mol. The zero-order valence-corrected chi connectivity index (χ0v) is 13.8. The van der Waals surface area contributed by atoms with Crippen LogP contribution in [0.2, 0.25) is 0 Å². The normalized spacial score (nSPS) is 16.4. The lowest BCUT2D eigenvalue weighted by atomic mass is 10.1. The van der Waals surface area contributed by atoms with Crippen LogP contribution >= 0.6 is 0 Å². The van der Waals surface area contributed by atoms with E-state index in [1.165, 1.54) is 11.9 Å². The van der Waals surface area contributed by atoms with Crippen molar-refractivity contribution in [3.05, 3.63) is 23.8 Å². The minimum Gasteiger partial charge on any atom is -0.361 e. The fraction of sp³-hybridized carbons (Fsp3) is 0.438. The SMILES string of the molecule is CCN(CC(=O)NC)C(=O)c1ccc2c(c1)NC(=O)C(C)N2C. The molecule has 0 aromatic heterocycles. The third-order valence-corrected chi connectivity index (χ3v) is 4.12. The molecule has 0 radical (unpaired) electrons. The second kappa shape index (κ2) is 6.68. The number of amides is 3. The lowest BCUT2D eigenvalue weighted by Gasteiger charge is -2.33. The molecule has 1 aromatic carbocycles. The molecule has 1 heterocycles. The van der Waals surface area contributed by atoms with Crippen LogP contribution in [0.1, 0.15) is 24.2 Å². The van der Waals surface area contributed by atoms with E-state index in [0.717, 1.165) is 5.69 Å². The van der Waals surface area contributed by atoms with Crippen molar-refractivity contribution in [2.24, 2.45) is 0 Å². The highest BCUT2D eigenvalue weighted by atomic mass is 16.2. The predicted molar refractivity (Wildman–Crippen MR) is 88.6 cm³/mol. The number of anilines is 2. The molecule has 0 saturated heterocycles. The van der Waals surface area contributed by atoms with Crippen LogP contribution < -0.4 is 15.5 Å². The molecule has 2 rings (SSSR count). The number of benzene rings is 1. The van der Waals surface area contributed by atoms with E-state index in [4.69, 9.17) is 0 Å². The highest BCUT2D eigenvalue weighted by Crippen LogP contribution is 2.32. The maximum Gasteiger partial charge on any atom is 0.254 e. The Balaban J connectivity index is 2.28. The van der Waals surface area contributed by atoms with Gasteiger partial charge in [-0.3, -0.25) is 14.4 Å². The van der Waals surface area contributed by atoms with Gasteiger partial charge in [0, 0.05) is 26.2 Å². The summed E-state index contributed by atoms with van der Waals surface area (Å²) in [6.45, 7) is 4.06. The van der Waals surface area contributed by atoms with Gasteiger partial charge in [-0.2, -0.15) is 0 Å². The molecule has 0 saturated carbocycles. The number of nitrogens with zero attached hydrogens (tertiary/aromatic N) is 2. The summed E-state index contributed by atoms with van der Waals surface area (Å²) in [7, 11) is 3.37. The van der Waals surface area contributed by atoms with E-state index < -0.39 is 0 Å². The van der Waals surface area contributed by atoms with Gasteiger partial charge in [-0.05, 0) is 32.0 Å². The van der Waals surface area contributed by atoms with Gasteiger partial charge in [-0.1, -0.05) is 0 Å². The van der Waals surface area contributed by atoms with Crippen molar-refractivity contribution in [3.63, 3.8) is 0 Å². The summed E-state index contributed by atoms with van der Waals surface area (Å²) in [5.74, 6) is -0.572. The molecule has 7 heteroatoms. The Bertz CT molecular complexity index is 644. The standard InChI is InChI=1S/C16H22N4O3/c1-5-20(9-14(21)17-3)16(23)11-6-7-13-12(8-11)18-15(22)10(2)19(13)4/h6-8,10H,5,9H2,1-4H3,(H,17,21)(H,18,22). The van der Waals surface area contributed by atoms with Crippen LogP contribution in [0.4, 0.5) is 11.4 Å². The van der Waals surface area contributed by atoms with E-state index in [9.17, 15) is 14.4 Å². The zero-order chi connectivity index (χ0) is 17.1. The maximum absolute atomic E-state index is 12.6. The molecule has 0 spiro atoms. The first kappa shape index (κ1) is 16.8. The Kier molecular flexibility index (Phi) is 4.88. The largest absolute Gasteiger partial charge is 0.361 e. The quantitative estimate of drug-likeness (QED) is 0.855. The van der Waals surface area contributed by atoms with Gasteiger partial charge in [0.15, 0.2) is 0 Å². The Labute approximate surface area is 135 Å². The van der Waals surface area contributed by atoms with Crippen molar-refractivity contribution >= 4 is 29.1 Å². The average Bonchev–Trinajstić information content (AvgIpc) is 2.56. The topological polar surface area (TPSA) is 81.8 Å². The van der Waals surface area contributed by atoms with Crippen LogP contribution in [0, 0.1) is 0 Å². The third-order valence-electron chi connectivity index (χ3n) is 4.12. The maximum atomic E-state index is 12.6. The molecule has 23 heavy (non-hydrogen) atoms. The summed E-state index contributed by atoms with van der Waals surface area (Å²) in [4.78, 5) is 39.3. The Morgan fingerprint density at radius 2 is 2.09 bits per heavy atom. The van der Waals surface area contributed by atoms with Crippen molar-refractivity contribution in [1.82, 2.24) is 10.2 Å². The van der Waals surface area contributed by atoms with Crippen LogP contribution in [-0.2, 0) is 9.59 Å². The molecule has 0 fully saturated rings. The number of fused-ring (bicyclic) bond motifs is 1. The van der Waals surface area contributed by atoms with Gasteiger partial charge in [0.25, 0.3) is 5.91 Å². The van der Waals surface area contributed by atoms with Gasteiger partial charge in [-0.25, -0.2) is 0 Å². The van der Waals surface area contributed by atoms with Gasteiger partial charge in [-0.15, -0.1) is 0 Å². The number of nitrogens with one attached hydrogen (secondary N) is 2. The monoisotopic (exact) mass is 318 g/mol. The van der Waals surface area contributed by atoms with Crippen molar-refractivity contribution in [2.75, 3.05) is 37.4 Å². The Morgan fingerprint density at radius 1 is 1.39 bits per heavy atom. The molecule has 1 atom stereocenters. The first-order chi connectivity index (χ1) is 10.9. The first-order valence-electron chi connectivity index (χ1n) is 7.56. The summed E-state index contributed by atoms with van der Waals surface area (Å²) in [6, 6.07) is 4.93. The van der Waals surface area contributed by atoms with Crippen molar-refractivity contribution < 1.29 is 14.4 Å². The van der Waals surface area contributed by atoms with Crippen LogP contribution in [0.25, 0.3) is 0 Å². The molecule has 2 N–H and O–H groups in total.